The van der Waals surface area contributed by atoms with Gasteiger partial charge in [0.15, 0.2) is 0 Å². The topological polar surface area (TPSA) is 78.8 Å². The zero-order valence-corrected chi connectivity index (χ0v) is 17.0. The molecule has 1 heterocycles. The summed E-state index contributed by atoms with van der Waals surface area (Å²) < 4.78 is 27.1. The number of hydrogen-bond acceptors (Lipinski definition) is 4. The number of rotatable bonds is 5. The molecule has 0 radical (unpaired) electrons. The van der Waals surface area contributed by atoms with E-state index in [4.69, 9.17) is 0 Å². The molecule has 7 heteroatoms. The fourth-order valence-electron chi connectivity index (χ4n) is 3.25. The Balaban J connectivity index is 1.72. The fourth-order valence-corrected chi connectivity index (χ4v) is 4.81. The second-order valence-electron chi connectivity index (χ2n) is 7.05. The Labute approximate surface area is 166 Å². The first kappa shape index (κ1) is 20.2. The van der Waals surface area contributed by atoms with Gasteiger partial charge in [0.2, 0.25) is 10.0 Å². The normalized spacial score (nSPS) is 15.6. The van der Waals surface area contributed by atoms with Crippen molar-refractivity contribution in [2.45, 2.75) is 38.0 Å². The Bertz CT molecular complexity index is 994. The average Bonchev–Trinajstić information content (AvgIpc) is 2.70. The maximum atomic E-state index is 12.8. The minimum atomic E-state index is -3.58. The molecule has 1 saturated heterocycles. The number of sulfonamides is 1. The molecule has 1 amide bonds. The maximum Gasteiger partial charge on any atom is 0.271 e. The Morgan fingerprint density at radius 3 is 2.54 bits per heavy atom. The summed E-state index contributed by atoms with van der Waals surface area (Å²) in [7, 11) is -3.58. The van der Waals surface area contributed by atoms with Crippen LogP contribution in [0.2, 0.25) is 0 Å². The number of nitrogens with one attached hydrogen (secondary N) is 1. The molecule has 0 aliphatic carbocycles. The summed E-state index contributed by atoms with van der Waals surface area (Å²) in [5, 5.41) is 4.01. The van der Waals surface area contributed by atoms with Gasteiger partial charge >= 0.3 is 0 Å². The lowest BCUT2D eigenvalue weighted by molar-refractivity contribution is 0.0955. The van der Waals surface area contributed by atoms with Gasteiger partial charge in [0.1, 0.15) is 0 Å². The van der Waals surface area contributed by atoms with E-state index < -0.39 is 15.9 Å². The van der Waals surface area contributed by atoms with Gasteiger partial charge in [-0.05, 0) is 56.0 Å². The lowest BCUT2D eigenvalue weighted by atomic mass is 10.1. The molecule has 0 atom stereocenters. The van der Waals surface area contributed by atoms with Gasteiger partial charge in [0, 0.05) is 18.7 Å². The molecule has 28 heavy (non-hydrogen) atoms. The Hall–Kier alpha value is -2.51. The fraction of sp³-hybridized carbons (Fsp3) is 0.333. The van der Waals surface area contributed by atoms with Crippen LogP contribution in [0.3, 0.4) is 0 Å². The van der Waals surface area contributed by atoms with Crippen LogP contribution < -0.4 is 5.43 Å². The average molecular weight is 400 g/mol. The SMILES string of the molecule is Cc1ccc(C=NNC(=O)c2cccc(S(=O)(=O)N3CCCCC3)c2)c(C)c1. The second kappa shape index (κ2) is 8.67. The van der Waals surface area contributed by atoms with Crippen molar-refractivity contribution >= 4 is 22.1 Å². The summed E-state index contributed by atoms with van der Waals surface area (Å²) in [4.78, 5) is 12.5. The number of aryl methyl sites for hydroxylation is 2. The Morgan fingerprint density at radius 2 is 1.82 bits per heavy atom. The predicted octanol–water partition coefficient (Wildman–Crippen LogP) is 3.24. The first-order valence-corrected chi connectivity index (χ1v) is 10.8. The van der Waals surface area contributed by atoms with Crippen LogP contribution in [0.25, 0.3) is 0 Å². The molecule has 0 bridgehead atoms. The highest BCUT2D eigenvalue weighted by Crippen LogP contribution is 2.21. The highest BCUT2D eigenvalue weighted by atomic mass is 32.2. The summed E-state index contributed by atoms with van der Waals surface area (Å²) in [5.41, 5.74) is 5.86. The Kier molecular flexibility index (Phi) is 6.26. The van der Waals surface area contributed by atoms with Gasteiger partial charge in [0.05, 0.1) is 11.1 Å². The molecule has 2 aromatic rings. The molecule has 6 nitrogen and oxygen atoms in total. The summed E-state index contributed by atoms with van der Waals surface area (Å²) in [6.45, 7) is 5.05. The minimum absolute atomic E-state index is 0.139. The summed E-state index contributed by atoms with van der Waals surface area (Å²) in [6, 6.07) is 12.1. The van der Waals surface area contributed by atoms with Crippen LogP contribution in [0.5, 0.6) is 0 Å². The molecule has 1 fully saturated rings. The highest BCUT2D eigenvalue weighted by molar-refractivity contribution is 7.89. The molecular weight excluding hydrogens is 374 g/mol. The molecule has 0 spiro atoms. The van der Waals surface area contributed by atoms with Crippen molar-refractivity contribution in [3.63, 3.8) is 0 Å². The van der Waals surface area contributed by atoms with Crippen LogP contribution in [0.1, 0.15) is 46.3 Å². The quantitative estimate of drug-likeness (QED) is 0.619. The molecule has 0 saturated carbocycles. The van der Waals surface area contributed by atoms with Crippen LogP contribution in [-0.2, 0) is 10.0 Å². The monoisotopic (exact) mass is 399 g/mol. The molecule has 2 aromatic carbocycles. The van der Waals surface area contributed by atoms with Crippen molar-refractivity contribution in [1.29, 1.82) is 0 Å². The minimum Gasteiger partial charge on any atom is -0.267 e. The zero-order valence-electron chi connectivity index (χ0n) is 16.2. The van der Waals surface area contributed by atoms with E-state index >= 15 is 0 Å². The highest BCUT2D eigenvalue weighted by Gasteiger charge is 2.26. The number of nitrogens with zero attached hydrogens (tertiary/aromatic N) is 2. The molecule has 1 aliphatic rings. The van der Waals surface area contributed by atoms with Crippen molar-refractivity contribution in [2.24, 2.45) is 5.10 Å². The van der Waals surface area contributed by atoms with Crippen LogP contribution in [-0.4, -0.2) is 37.9 Å². The van der Waals surface area contributed by atoms with Gasteiger partial charge in [-0.15, -0.1) is 0 Å². The van der Waals surface area contributed by atoms with Crippen LogP contribution in [0, 0.1) is 13.8 Å². The van der Waals surface area contributed by atoms with Crippen LogP contribution in [0.15, 0.2) is 52.5 Å². The third-order valence-corrected chi connectivity index (χ3v) is 6.74. The number of benzene rings is 2. The molecule has 0 unspecified atom stereocenters. The number of carbonyl (C=O) groups is 1. The number of piperidine rings is 1. The molecule has 1 N–H and O–H groups in total. The molecule has 1 aliphatic heterocycles. The third kappa shape index (κ3) is 4.66. The lowest BCUT2D eigenvalue weighted by Crippen LogP contribution is -2.35. The van der Waals surface area contributed by atoms with Gasteiger partial charge < -0.3 is 0 Å². The molecule has 148 valence electrons. The third-order valence-electron chi connectivity index (χ3n) is 4.84. The van der Waals surface area contributed by atoms with E-state index in [1.807, 2.05) is 32.0 Å². The zero-order chi connectivity index (χ0) is 20.1. The van der Waals surface area contributed by atoms with Crippen molar-refractivity contribution in [2.75, 3.05) is 13.1 Å². The molecule has 3 rings (SSSR count). The first-order chi connectivity index (χ1) is 13.4. The van der Waals surface area contributed by atoms with Crippen molar-refractivity contribution in [1.82, 2.24) is 9.73 Å². The summed E-state index contributed by atoms with van der Waals surface area (Å²) in [5.74, 6) is -0.447. The largest absolute Gasteiger partial charge is 0.271 e. The van der Waals surface area contributed by atoms with Gasteiger partial charge in [0.25, 0.3) is 5.91 Å². The van der Waals surface area contributed by atoms with Gasteiger partial charge in [-0.2, -0.15) is 9.41 Å². The van der Waals surface area contributed by atoms with Gasteiger partial charge in [-0.25, -0.2) is 13.8 Å². The Morgan fingerprint density at radius 1 is 1.07 bits per heavy atom. The smallest absolute Gasteiger partial charge is 0.267 e. The second-order valence-corrected chi connectivity index (χ2v) is 8.99. The number of amides is 1. The predicted molar refractivity (Wildman–Crippen MR) is 110 cm³/mol. The van der Waals surface area contributed by atoms with E-state index in [0.29, 0.717) is 13.1 Å². The first-order valence-electron chi connectivity index (χ1n) is 9.39. The van der Waals surface area contributed by atoms with Crippen molar-refractivity contribution in [3.05, 3.63) is 64.7 Å². The molecule has 0 aromatic heterocycles. The summed E-state index contributed by atoms with van der Waals surface area (Å²) >= 11 is 0. The van der Waals surface area contributed by atoms with E-state index in [1.165, 1.54) is 16.4 Å². The summed E-state index contributed by atoms with van der Waals surface area (Å²) in [6.07, 6.45) is 4.37. The van der Waals surface area contributed by atoms with E-state index in [0.717, 1.165) is 36.0 Å². The molecular formula is C21H25N3O3S. The van der Waals surface area contributed by atoms with E-state index in [1.54, 1.807) is 18.3 Å². The standard InChI is InChI=1S/C21H25N3O3S/c1-16-9-10-19(17(2)13-16)15-22-23-21(25)18-7-6-8-20(14-18)28(26,27)24-11-4-3-5-12-24/h6-10,13-15H,3-5,11-12H2,1-2H3,(H,23,25). The lowest BCUT2D eigenvalue weighted by Gasteiger charge is -2.25. The van der Waals surface area contributed by atoms with Crippen molar-refractivity contribution < 1.29 is 13.2 Å². The van der Waals surface area contributed by atoms with E-state index in [2.05, 4.69) is 10.5 Å². The van der Waals surface area contributed by atoms with E-state index in [9.17, 15) is 13.2 Å². The van der Waals surface area contributed by atoms with Gasteiger partial charge in [-0.3, -0.25) is 4.79 Å². The number of carbonyl (C=O) groups excluding carboxylic acids is 1. The maximum absolute atomic E-state index is 12.8. The van der Waals surface area contributed by atoms with E-state index in [-0.39, 0.29) is 10.5 Å². The van der Waals surface area contributed by atoms with Crippen LogP contribution in [0.4, 0.5) is 0 Å². The van der Waals surface area contributed by atoms with Gasteiger partial charge in [-0.1, -0.05) is 36.2 Å². The van der Waals surface area contributed by atoms with Crippen LogP contribution >= 0.6 is 0 Å². The van der Waals surface area contributed by atoms with Crippen molar-refractivity contribution in [3.8, 4) is 0 Å². The number of hydrazone groups is 1. The number of hydrogen-bond donors (Lipinski definition) is 1.